The number of amides is 1. The second kappa shape index (κ2) is 6.39. The van der Waals surface area contributed by atoms with Crippen molar-refractivity contribution in [3.05, 3.63) is 0 Å². The van der Waals surface area contributed by atoms with Crippen LogP contribution in [0.2, 0.25) is 0 Å². The summed E-state index contributed by atoms with van der Waals surface area (Å²) in [5.74, 6) is 0.318. The standard InChI is InChI=1S/C10H17N3O/c11-5-2-1-3-6-13-10(14)9-4-7-12-8-9/h9,12H,1-4,6-8H2,(H,13,14). The van der Waals surface area contributed by atoms with E-state index in [0.717, 1.165) is 32.4 Å². The summed E-state index contributed by atoms with van der Waals surface area (Å²) in [7, 11) is 0. The molecule has 0 aromatic heterocycles. The second-order valence-corrected chi connectivity index (χ2v) is 3.60. The predicted octanol–water partition coefficient (Wildman–Crippen LogP) is 0.406. The number of nitrogens with one attached hydrogen (secondary N) is 2. The molecule has 1 aliphatic rings. The van der Waals surface area contributed by atoms with Crippen LogP contribution in [0.15, 0.2) is 0 Å². The molecule has 1 saturated heterocycles. The first-order chi connectivity index (χ1) is 6.84. The van der Waals surface area contributed by atoms with E-state index in [4.69, 9.17) is 5.26 Å². The van der Waals surface area contributed by atoms with Crippen LogP contribution in [0, 0.1) is 17.2 Å². The van der Waals surface area contributed by atoms with Crippen molar-refractivity contribution in [2.75, 3.05) is 19.6 Å². The molecule has 78 valence electrons. The van der Waals surface area contributed by atoms with Crippen LogP contribution in [0.25, 0.3) is 0 Å². The molecule has 1 aliphatic heterocycles. The summed E-state index contributed by atoms with van der Waals surface area (Å²) in [5, 5.41) is 14.4. The van der Waals surface area contributed by atoms with Gasteiger partial charge in [-0.15, -0.1) is 0 Å². The number of carbonyl (C=O) groups is 1. The highest BCUT2D eigenvalue weighted by molar-refractivity contribution is 5.79. The summed E-state index contributed by atoms with van der Waals surface area (Å²) in [4.78, 5) is 11.5. The Kier molecular flexibility index (Phi) is 5.02. The highest BCUT2D eigenvalue weighted by Gasteiger charge is 2.21. The Labute approximate surface area is 84.7 Å². The quantitative estimate of drug-likeness (QED) is 0.624. The molecular formula is C10H17N3O. The molecule has 1 fully saturated rings. The van der Waals surface area contributed by atoms with Crippen molar-refractivity contribution in [1.82, 2.24) is 10.6 Å². The molecule has 1 heterocycles. The number of hydrogen-bond donors (Lipinski definition) is 2. The average Bonchev–Trinajstić information content (AvgIpc) is 2.70. The molecule has 1 unspecified atom stereocenters. The first-order valence-corrected chi connectivity index (χ1v) is 5.20. The fraction of sp³-hybridized carbons (Fsp3) is 0.800. The Morgan fingerprint density at radius 2 is 2.43 bits per heavy atom. The zero-order valence-corrected chi connectivity index (χ0v) is 8.38. The fourth-order valence-corrected chi connectivity index (χ4v) is 1.56. The molecule has 0 spiro atoms. The van der Waals surface area contributed by atoms with E-state index in [1.807, 2.05) is 0 Å². The minimum Gasteiger partial charge on any atom is -0.356 e. The highest BCUT2D eigenvalue weighted by atomic mass is 16.1. The molecule has 0 aliphatic carbocycles. The van der Waals surface area contributed by atoms with Gasteiger partial charge in [0.05, 0.1) is 12.0 Å². The second-order valence-electron chi connectivity index (χ2n) is 3.60. The molecule has 0 saturated carbocycles. The number of rotatable bonds is 5. The Morgan fingerprint density at radius 3 is 3.07 bits per heavy atom. The van der Waals surface area contributed by atoms with Crippen LogP contribution >= 0.6 is 0 Å². The van der Waals surface area contributed by atoms with E-state index in [2.05, 4.69) is 16.7 Å². The Bertz CT molecular complexity index is 216. The van der Waals surface area contributed by atoms with Crippen LogP contribution in [0.3, 0.4) is 0 Å². The minimum atomic E-state index is 0.158. The molecule has 14 heavy (non-hydrogen) atoms. The lowest BCUT2D eigenvalue weighted by Gasteiger charge is -2.08. The molecule has 1 rings (SSSR count). The van der Waals surface area contributed by atoms with E-state index >= 15 is 0 Å². The summed E-state index contributed by atoms with van der Waals surface area (Å²) in [6.45, 7) is 2.47. The maximum Gasteiger partial charge on any atom is 0.224 e. The molecule has 0 aromatic carbocycles. The molecule has 2 N–H and O–H groups in total. The number of nitriles is 1. The van der Waals surface area contributed by atoms with Gasteiger partial charge in [-0.1, -0.05) is 0 Å². The van der Waals surface area contributed by atoms with E-state index < -0.39 is 0 Å². The molecule has 4 heteroatoms. The van der Waals surface area contributed by atoms with Crippen LogP contribution in [0.1, 0.15) is 25.7 Å². The third-order valence-corrected chi connectivity index (χ3v) is 2.45. The van der Waals surface area contributed by atoms with Crippen LogP contribution in [-0.2, 0) is 4.79 Å². The van der Waals surface area contributed by atoms with Gasteiger partial charge in [0.2, 0.25) is 5.91 Å². The van der Waals surface area contributed by atoms with Crippen molar-refractivity contribution in [3.8, 4) is 6.07 Å². The summed E-state index contributed by atoms with van der Waals surface area (Å²) >= 11 is 0. The number of unbranched alkanes of at least 4 members (excludes halogenated alkanes) is 2. The summed E-state index contributed by atoms with van der Waals surface area (Å²) in [5.41, 5.74) is 0. The van der Waals surface area contributed by atoms with Gasteiger partial charge in [-0.05, 0) is 25.8 Å². The van der Waals surface area contributed by atoms with Crippen LogP contribution < -0.4 is 10.6 Å². The maximum atomic E-state index is 11.5. The first kappa shape index (κ1) is 11.0. The van der Waals surface area contributed by atoms with E-state index in [0.29, 0.717) is 13.0 Å². The molecule has 1 amide bonds. The van der Waals surface area contributed by atoms with Gasteiger partial charge in [0.1, 0.15) is 0 Å². The lowest BCUT2D eigenvalue weighted by atomic mass is 10.1. The van der Waals surface area contributed by atoms with Gasteiger partial charge in [0, 0.05) is 19.5 Å². The van der Waals surface area contributed by atoms with E-state index in [1.54, 1.807) is 0 Å². The molecule has 4 nitrogen and oxygen atoms in total. The Morgan fingerprint density at radius 1 is 1.57 bits per heavy atom. The van der Waals surface area contributed by atoms with Gasteiger partial charge in [0.15, 0.2) is 0 Å². The van der Waals surface area contributed by atoms with Gasteiger partial charge in [-0.25, -0.2) is 0 Å². The van der Waals surface area contributed by atoms with Gasteiger partial charge < -0.3 is 10.6 Å². The lowest BCUT2D eigenvalue weighted by molar-refractivity contribution is -0.124. The Hall–Kier alpha value is -1.08. The SMILES string of the molecule is N#CCCCCNC(=O)C1CCNC1. The zero-order chi connectivity index (χ0) is 10.2. The smallest absolute Gasteiger partial charge is 0.224 e. The van der Waals surface area contributed by atoms with Crippen molar-refractivity contribution in [2.24, 2.45) is 5.92 Å². The molecule has 1 atom stereocenters. The average molecular weight is 195 g/mol. The molecule has 0 aromatic rings. The van der Waals surface area contributed by atoms with E-state index in [9.17, 15) is 4.79 Å². The third-order valence-electron chi connectivity index (χ3n) is 2.45. The third kappa shape index (κ3) is 3.75. The largest absolute Gasteiger partial charge is 0.356 e. The Balaban J connectivity index is 2.00. The van der Waals surface area contributed by atoms with Gasteiger partial charge in [-0.3, -0.25) is 4.79 Å². The topological polar surface area (TPSA) is 64.9 Å². The van der Waals surface area contributed by atoms with Crippen LogP contribution in [0.4, 0.5) is 0 Å². The van der Waals surface area contributed by atoms with E-state index in [-0.39, 0.29) is 11.8 Å². The predicted molar refractivity (Wildman–Crippen MR) is 53.5 cm³/mol. The van der Waals surface area contributed by atoms with Crippen molar-refractivity contribution >= 4 is 5.91 Å². The molecule has 0 bridgehead atoms. The van der Waals surface area contributed by atoms with Gasteiger partial charge >= 0.3 is 0 Å². The zero-order valence-electron chi connectivity index (χ0n) is 8.38. The number of nitrogens with zero attached hydrogens (tertiary/aromatic N) is 1. The summed E-state index contributed by atoms with van der Waals surface area (Å²) in [6.07, 6.45) is 3.31. The van der Waals surface area contributed by atoms with E-state index in [1.165, 1.54) is 0 Å². The monoisotopic (exact) mass is 195 g/mol. The lowest BCUT2D eigenvalue weighted by Crippen LogP contribution is -2.32. The number of hydrogen-bond acceptors (Lipinski definition) is 3. The van der Waals surface area contributed by atoms with Crippen molar-refractivity contribution in [1.29, 1.82) is 5.26 Å². The fourth-order valence-electron chi connectivity index (χ4n) is 1.56. The van der Waals surface area contributed by atoms with Crippen molar-refractivity contribution < 1.29 is 4.79 Å². The molecular weight excluding hydrogens is 178 g/mol. The molecule has 0 radical (unpaired) electrons. The first-order valence-electron chi connectivity index (χ1n) is 5.20. The summed E-state index contributed by atoms with van der Waals surface area (Å²) in [6, 6.07) is 2.09. The summed E-state index contributed by atoms with van der Waals surface area (Å²) < 4.78 is 0. The van der Waals surface area contributed by atoms with Crippen LogP contribution in [-0.4, -0.2) is 25.5 Å². The van der Waals surface area contributed by atoms with Gasteiger partial charge in [-0.2, -0.15) is 5.26 Å². The van der Waals surface area contributed by atoms with Crippen molar-refractivity contribution in [3.63, 3.8) is 0 Å². The van der Waals surface area contributed by atoms with Crippen molar-refractivity contribution in [2.45, 2.75) is 25.7 Å². The number of carbonyl (C=O) groups excluding carboxylic acids is 1. The minimum absolute atomic E-state index is 0.158. The normalized spacial score (nSPS) is 20.4. The van der Waals surface area contributed by atoms with Gasteiger partial charge in [0.25, 0.3) is 0 Å². The van der Waals surface area contributed by atoms with Crippen LogP contribution in [0.5, 0.6) is 0 Å². The maximum absolute atomic E-state index is 11.5. The highest BCUT2D eigenvalue weighted by Crippen LogP contribution is 2.06.